The summed E-state index contributed by atoms with van der Waals surface area (Å²) in [5, 5.41) is 5.33. The third-order valence-corrected chi connectivity index (χ3v) is 5.04. The largest absolute Gasteiger partial charge is 0.480 e. The number of amides is 2. The van der Waals surface area contributed by atoms with E-state index >= 15 is 0 Å². The Morgan fingerprint density at radius 3 is 2.48 bits per heavy atom. The van der Waals surface area contributed by atoms with Crippen molar-refractivity contribution in [3.05, 3.63) is 54.2 Å². The second-order valence-electron chi connectivity index (χ2n) is 6.99. The van der Waals surface area contributed by atoms with Gasteiger partial charge in [-0.1, -0.05) is 30.3 Å². The zero-order valence-corrected chi connectivity index (χ0v) is 16.8. The summed E-state index contributed by atoms with van der Waals surface area (Å²) in [5.41, 5.74) is 1.47. The van der Waals surface area contributed by atoms with Gasteiger partial charge in [0.05, 0.1) is 13.2 Å². The van der Waals surface area contributed by atoms with E-state index < -0.39 is 11.8 Å². The molecule has 2 aromatic rings. The lowest BCUT2D eigenvalue weighted by molar-refractivity contribution is -0.136. The molecular weight excluding hydrogens is 370 g/mol. The van der Waals surface area contributed by atoms with Crippen LogP contribution in [0.2, 0.25) is 0 Å². The van der Waals surface area contributed by atoms with Crippen molar-refractivity contribution in [3.8, 4) is 5.88 Å². The smallest absolute Gasteiger partial charge is 0.313 e. The summed E-state index contributed by atoms with van der Waals surface area (Å²) in [7, 11) is 3.56. The van der Waals surface area contributed by atoms with Gasteiger partial charge in [-0.3, -0.25) is 14.5 Å². The van der Waals surface area contributed by atoms with Crippen molar-refractivity contribution in [2.75, 3.05) is 52.2 Å². The fourth-order valence-corrected chi connectivity index (χ4v) is 3.36. The monoisotopic (exact) mass is 397 g/mol. The first-order valence-corrected chi connectivity index (χ1v) is 9.64. The Bertz CT molecular complexity index is 822. The Morgan fingerprint density at radius 1 is 1.07 bits per heavy atom. The molecule has 3 rings (SSSR count). The van der Waals surface area contributed by atoms with Crippen molar-refractivity contribution in [1.82, 2.24) is 20.1 Å². The molecule has 8 nitrogen and oxygen atoms in total. The van der Waals surface area contributed by atoms with E-state index in [1.807, 2.05) is 18.2 Å². The van der Waals surface area contributed by atoms with Crippen molar-refractivity contribution < 1.29 is 14.3 Å². The number of hydrogen-bond donors (Lipinski definition) is 2. The van der Waals surface area contributed by atoms with E-state index in [2.05, 4.69) is 44.6 Å². The van der Waals surface area contributed by atoms with Crippen LogP contribution in [-0.4, -0.2) is 73.5 Å². The average molecular weight is 397 g/mol. The zero-order valence-electron chi connectivity index (χ0n) is 16.8. The minimum Gasteiger partial charge on any atom is -0.480 e. The van der Waals surface area contributed by atoms with E-state index in [4.69, 9.17) is 4.74 Å². The highest BCUT2D eigenvalue weighted by atomic mass is 16.5. The molecule has 1 saturated heterocycles. The second kappa shape index (κ2) is 9.99. The quantitative estimate of drug-likeness (QED) is 0.711. The average Bonchev–Trinajstić information content (AvgIpc) is 2.76. The molecule has 1 aromatic heterocycles. The van der Waals surface area contributed by atoms with Gasteiger partial charge < -0.3 is 20.3 Å². The van der Waals surface area contributed by atoms with Gasteiger partial charge in [0.1, 0.15) is 5.69 Å². The first-order chi connectivity index (χ1) is 14.1. The van der Waals surface area contributed by atoms with Crippen LogP contribution in [-0.2, 0) is 9.59 Å². The highest BCUT2D eigenvalue weighted by molar-refractivity contribution is 6.39. The Labute approximate surface area is 170 Å². The number of anilines is 1. The number of likely N-dealkylation sites (N-methyl/N-ethyl adjacent to an activating group) is 1. The summed E-state index contributed by atoms with van der Waals surface area (Å²) >= 11 is 0. The summed E-state index contributed by atoms with van der Waals surface area (Å²) in [6.45, 7) is 4.11. The minimum atomic E-state index is -0.749. The van der Waals surface area contributed by atoms with Crippen LogP contribution in [0.15, 0.2) is 48.7 Å². The molecule has 0 radical (unpaired) electrons. The van der Waals surface area contributed by atoms with Crippen LogP contribution >= 0.6 is 0 Å². The maximum atomic E-state index is 12.4. The van der Waals surface area contributed by atoms with Crippen LogP contribution in [0.3, 0.4) is 0 Å². The van der Waals surface area contributed by atoms with E-state index in [9.17, 15) is 9.59 Å². The number of aromatic nitrogens is 1. The summed E-state index contributed by atoms with van der Waals surface area (Å²) in [4.78, 5) is 33.4. The SMILES string of the molecule is COc1ncccc1NC(=O)C(=O)NCC(c1ccccc1)N1CCN(C)CC1. The Hall–Kier alpha value is -2.97. The lowest BCUT2D eigenvalue weighted by atomic mass is 10.0. The summed E-state index contributed by atoms with van der Waals surface area (Å²) in [6, 6.07) is 13.4. The molecule has 0 aliphatic carbocycles. The molecule has 0 bridgehead atoms. The maximum absolute atomic E-state index is 12.4. The number of ether oxygens (including phenoxy) is 1. The van der Waals surface area contributed by atoms with Gasteiger partial charge in [0.2, 0.25) is 5.88 Å². The summed E-state index contributed by atoms with van der Waals surface area (Å²) in [5.74, 6) is -1.18. The van der Waals surface area contributed by atoms with Crippen LogP contribution in [0.4, 0.5) is 5.69 Å². The number of piperazine rings is 1. The molecule has 0 spiro atoms. The number of carbonyl (C=O) groups excluding carboxylic acids is 2. The fraction of sp³-hybridized carbons (Fsp3) is 0.381. The lowest BCUT2D eigenvalue weighted by Crippen LogP contribution is -2.49. The molecule has 154 valence electrons. The van der Waals surface area contributed by atoms with Crippen molar-refractivity contribution in [2.24, 2.45) is 0 Å². The van der Waals surface area contributed by atoms with Gasteiger partial charge >= 0.3 is 11.8 Å². The molecule has 0 saturated carbocycles. The van der Waals surface area contributed by atoms with Gasteiger partial charge in [-0.05, 0) is 24.7 Å². The van der Waals surface area contributed by atoms with E-state index in [-0.39, 0.29) is 11.9 Å². The van der Waals surface area contributed by atoms with Gasteiger partial charge in [-0.15, -0.1) is 0 Å². The number of pyridine rings is 1. The molecule has 2 amide bonds. The summed E-state index contributed by atoms with van der Waals surface area (Å²) in [6.07, 6.45) is 1.55. The minimum absolute atomic E-state index is 0.00887. The first kappa shape index (κ1) is 20.8. The molecule has 29 heavy (non-hydrogen) atoms. The Balaban J connectivity index is 1.64. The Kier molecular flexibility index (Phi) is 7.15. The van der Waals surface area contributed by atoms with E-state index in [0.717, 1.165) is 31.7 Å². The molecular formula is C21H27N5O3. The molecule has 1 unspecified atom stereocenters. The normalized spacial score (nSPS) is 16.1. The molecule has 1 fully saturated rings. The molecule has 1 atom stereocenters. The fourth-order valence-electron chi connectivity index (χ4n) is 3.36. The number of carbonyl (C=O) groups is 2. The van der Waals surface area contributed by atoms with Crippen LogP contribution < -0.4 is 15.4 Å². The van der Waals surface area contributed by atoms with Crippen molar-refractivity contribution >= 4 is 17.5 Å². The van der Waals surface area contributed by atoms with Crippen LogP contribution in [0, 0.1) is 0 Å². The molecule has 1 aromatic carbocycles. The number of hydrogen-bond acceptors (Lipinski definition) is 6. The third kappa shape index (κ3) is 5.52. The number of methoxy groups -OCH3 is 1. The molecule has 8 heteroatoms. The third-order valence-electron chi connectivity index (χ3n) is 5.04. The number of nitrogens with zero attached hydrogens (tertiary/aromatic N) is 3. The van der Waals surface area contributed by atoms with E-state index in [0.29, 0.717) is 12.2 Å². The molecule has 1 aliphatic heterocycles. The number of nitrogens with one attached hydrogen (secondary N) is 2. The van der Waals surface area contributed by atoms with Gasteiger partial charge in [0.25, 0.3) is 0 Å². The highest BCUT2D eigenvalue weighted by Crippen LogP contribution is 2.22. The first-order valence-electron chi connectivity index (χ1n) is 9.64. The Morgan fingerprint density at radius 2 is 1.79 bits per heavy atom. The van der Waals surface area contributed by atoms with Crippen molar-refractivity contribution in [1.29, 1.82) is 0 Å². The van der Waals surface area contributed by atoms with Gasteiger partial charge in [-0.2, -0.15) is 0 Å². The van der Waals surface area contributed by atoms with E-state index in [1.165, 1.54) is 7.11 Å². The molecule has 2 heterocycles. The van der Waals surface area contributed by atoms with Crippen LogP contribution in [0.25, 0.3) is 0 Å². The molecule has 1 aliphatic rings. The van der Waals surface area contributed by atoms with Gasteiger partial charge in [0, 0.05) is 38.9 Å². The van der Waals surface area contributed by atoms with Gasteiger partial charge in [0.15, 0.2) is 0 Å². The van der Waals surface area contributed by atoms with Crippen LogP contribution in [0.5, 0.6) is 5.88 Å². The standard InChI is InChI=1S/C21H27N5O3/c1-25-11-13-26(14-12-25)18(16-7-4-3-5-8-16)15-23-19(27)20(28)24-17-9-6-10-22-21(17)29-2/h3-10,18H,11-15H2,1-2H3,(H,23,27)(H,24,28). The second-order valence-corrected chi connectivity index (χ2v) is 6.99. The zero-order chi connectivity index (χ0) is 20.6. The predicted molar refractivity (Wildman–Crippen MR) is 111 cm³/mol. The van der Waals surface area contributed by atoms with Crippen molar-refractivity contribution in [3.63, 3.8) is 0 Å². The highest BCUT2D eigenvalue weighted by Gasteiger charge is 2.25. The van der Waals surface area contributed by atoms with Crippen LogP contribution in [0.1, 0.15) is 11.6 Å². The summed E-state index contributed by atoms with van der Waals surface area (Å²) < 4.78 is 5.10. The maximum Gasteiger partial charge on any atom is 0.313 e. The van der Waals surface area contributed by atoms with E-state index in [1.54, 1.807) is 18.3 Å². The number of benzene rings is 1. The van der Waals surface area contributed by atoms with Crippen molar-refractivity contribution in [2.45, 2.75) is 6.04 Å². The van der Waals surface area contributed by atoms with Gasteiger partial charge in [-0.25, -0.2) is 4.98 Å². The molecule has 2 N–H and O–H groups in total. The lowest BCUT2D eigenvalue weighted by Gasteiger charge is -2.38. The predicted octanol–water partition coefficient (Wildman–Crippen LogP) is 1.13. The topological polar surface area (TPSA) is 86.8 Å². The number of rotatable bonds is 6.